The summed E-state index contributed by atoms with van der Waals surface area (Å²) in [6.07, 6.45) is 3.24. The summed E-state index contributed by atoms with van der Waals surface area (Å²) < 4.78 is 5.98. The van der Waals surface area contributed by atoms with E-state index in [4.69, 9.17) is 4.74 Å². The minimum atomic E-state index is -1.01. The van der Waals surface area contributed by atoms with Crippen LogP contribution < -0.4 is 0 Å². The first kappa shape index (κ1) is 18.7. The average Bonchev–Trinajstić information content (AvgIpc) is 3.10. The van der Waals surface area contributed by atoms with Crippen LogP contribution in [-0.4, -0.2) is 40.3 Å². The zero-order chi connectivity index (χ0) is 19.7. The molecule has 1 aliphatic carbocycles. The van der Waals surface area contributed by atoms with Crippen LogP contribution in [0.15, 0.2) is 54.6 Å². The predicted molar refractivity (Wildman–Crippen MR) is 106 cm³/mol. The van der Waals surface area contributed by atoms with E-state index >= 15 is 0 Å². The number of amides is 1. The number of nitrogens with zero attached hydrogens (tertiary/aromatic N) is 1. The van der Waals surface area contributed by atoms with Gasteiger partial charge in [-0.2, -0.15) is 0 Å². The van der Waals surface area contributed by atoms with Crippen LogP contribution in [0.1, 0.15) is 43.0 Å². The first-order valence-corrected chi connectivity index (χ1v) is 9.86. The molecule has 5 heteroatoms. The zero-order valence-corrected chi connectivity index (χ0v) is 16.0. The van der Waals surface area contributed by atoms with Crippen molar-refractivity contribution in [1.82, 2.24) is 4.90 Å². The van der Waals surface area contributed by atoms with Gasteiger partial charge in [-0.05, 0) is 54.9 Å². The number of hydrogen-bond donors (Lipinski definition) is 1. The molecule has 1 heterocycles. The summed E-state index contributed by atoms with van der Waals surface area (Å²) in [5, 5.41) is 9.66. The predicted octanol–water partition coefficient (Wildman–Crippen LogP) is 4.19. The quantitative estimate of drug-likeness (QED) is 0.869. The van der Waals surface area contributed by atoms with Crippen molar-refractivity contribution in [3.05, 3.63) is 60.2 Å². The molecule has 5 nitrogen and oxygen atoms in total. The van der Waals surface area contributed by atoms with Crippen molar-refractivity contribution in [3.8, 4) is 11.1 Å². The van der Waals surface area contributed by atoms with Crippen molar-refractivity contribution in [1.29, 1.82) is 0 Å². The number of carbonyl (C=O) groups excluding carboxylic acids is 1. The maximum atomic E-state index is 13.3. The van der Waals surface area contributed by atoms with Crippen LogP contribution in [0.5, 0.6) is 0 Å². The highest BCUT2D eigenvalue weighted by Gasteiger charge is 2.53. The third-order valence-electron chi connectivity index (χ3n) is 6.06. The minimum Gasteiger partial charge on any atom is -0.480 e. The summed E-state index contributed by atoms with van der Waals surface area (Å²) in [6.45, 7) is 2.24. The monoisotopic (exact) mass is 379 g/mol. The molecule has 146 valence electrons. The molecule has 1 amide bonds. The molecule has 2 aromatic rings. The van der Waals surface area contributed by atoms with Crippen LogP contribution >= 0.6 is 0 Å². The lowest BCUT2D eigenvalue weighted by Gasteiger charge is -2.42. The Morgan fingerprint density at radius 2 is 1.61 bits per heavy atom. The Hall–Kier alpha value is -2.66. The van der Waals surface area contributed by atoms with Gasteiger partial charge in [-0.15, -0.1) is 0 Å². The number of rotatable bonds is 3. The van der Waals surface area contributed by atoms with Crippen LogP contribution in [-0.2, 0) is 9.53 Å². The van der Waals surface area contributed by atoms with E-state index < -0.39 is 17.7 Å². The molecule has 0 bridgehead atoms. The van der Waals surface area contributed by atoms with Gasteiger partial charge in [0, 0.05) is 5.56 Å². The number of carboxylic acids is 1. The number of carboxylic acid groups (broad SMARTS) is 1. The lowest BCUT2D eigenvalue weighted by Crippen LogP contribution is -2.55. The minimum absolute atomic E-state index is 0.0531. The SMILES string of the molecule is CC1CCC2(CC1)OC[C@@H](C(=O)O)N2C(=O)c1ccc(-c2ccccc2)cc1. The molecule has 1 aliphatic heterocycles. The van der Waals surface area contributed by atoms with E-state index in [1.54, 1.807) is 12.1 Å². The maximum Gasteiger partial charge on any atom is 0.328 e. The van der Waals surface area contributed by atoms with Gasteiger partial charge in [-0.1, -0.05) is 49.4 Å². The molecule has 1 spiro atoms. The highest BCUT2D eigenvalue weighted by molar-refractivity contribution is 5.97. The van der Waals surface area contributed by atoms with Gasteiger partial charge in [0.15, 0.2) is 6.04 Å². The lowest BCUT2D eigenvalue weighted by atomic mass is 9.83. The zero-order valence-electron chi connectivity index (χ0n) is 16.0. The molecule has 1 atom stereocenters. The molecule has 2 aliphatic rings. The molecule has 2 aromatic carbocycles. The van der Waals surface area contributed by atoms with Crippen molar-refractivity contribution >= 4 is 11.9 Å². The Bertz CT molecular complexity index is 854. The summed E-state index contributed by atoms with van der Waals surface area (Å²) in [4.78, 5) is 26.6. The largest absolute Gasteiger partial charge is 0.480 e. The third kappa shape index (κ3) is 3.31. The van der Waals surface area contributed by atoms with Crippen molar-refractivity contribution in [3.63, 3.8) is 0 Å². The van der Waals surface area contributed by atoms with Crippen LogP contribution in [0.25, 0.3) is 11.1 Å². The molecule has 1 saturated carbocycles. The number of ether oxygens (including phenoxy) is 1. The third-order valence-corrected chi connectivity index (χ3v) is 6.06. The van der Waals surface area contributed by atoms with E-state index in [9.17, 15) is 14.7 Å². The Balaban J connectivity index is 1.63. The molecule has 4 rings (SSSR count). The lowest BCUT2D eigenvalue weighted by molar-refractivity contribution is -0.143. The summed E-state index contributed by atoms with van der Waals surface area (Å²) in [6, 6.07) is 16.4. The van der Waals surface area contributed by atoms with Crippen molar-refractivity contribution in [2.75, 3.05) is 6.61 Å². The van der Waals surface area contributed by atoms with Gasteiger partial charge in [-0.25, -0.2) is 4.79 Å². The average molecular weight is 379 g/mol. The fraction of sp³-hybridized carbons (Fsp3) is 0.391. The van der Waals surface area contributed by atoms with Gasteiger partial charge in [0.25, 0.3) is 5.91 Å². The van der Waals surface area contributed by atoms with Crippen molar-refractivity contribution < 1.29 is 19.4 Å². The molecule has 1 saturated heterocycles. The fourth-order valence-corrected chi connectivity index (χ4v) is 4.34. The van der Waals surface area contributed by atoms with Gasteiger partial charge >= 0.3 is 5.97 Å². The van der Waals surface area contributed by atoms with Crippen LogP contribution in [0.2, 0.25) is 0 Å². The van der Waals surface area contributed by atoms with Gasteiger partial charge < -0.3 is 9.84 Å². The number of carbonyl (C=O) groups is 2. The van der Waals surface area contributed by atoms with E-state index in [0.717, 1.165) is 24.0 Å². The van der Waals surface area contributed by atoms with Crippen molar-refractivity contribution in [2.24, 2.45) is 5.92 Å². The molecule has 0 aromatic heterocycles. The smallest absolute Gasteiger partial charge is 0.328 e. The number of benzene rings is 2. The van der Waals surface area contributed by atoms with E-state index in [1.165, 1.54) is 4.90 Å². The summed E-state index contributed by atoms with van der Waals surface area (Å²) >= 11 is 0. The standard InChI is InChI=1S/C23H25NO4/c1-16-11-13-23(14-12-16)24(20(15-28-23)22(26)27)21(25)19-9-7-18(8-10-19)17-5-3-2-4-6-17/h2-10,16,20H,11-15H2,1H3,(H,26,27)/t16?,20-,23?/m0/s1. The van der Waals surface area contributed by atoms with E-state index in [-0.39, 0.29) is 12.5 Å². The first-order chi connectivity index (χ1) is 13.5. The molecule has 0 radical (unpaired) electrons. The second-order valence-corrected chi connectivity index (χ2v) is 7.91. The highest BCUT2D eigenvalue weighted by atomic mass is 16.5. The molecular formula is C23H25NO4. The Kier molecular flexibility index (Phi) is 4.94. The van der Waals surface area contributed by atoms with Gasteiger partial charge in [0.2, 0.25) is 0 Å². The number of aliphatic carboxylic acids is 1. The molecular weight excluding hydrogens is 354 g/mol. The van der Waals surface area contributed by atoms with Gasteiger partial charge in [-0.3, -0.25) is 9.69 Å². The second-order valence-electron chi connectivity index (χ2n) is 7.91. The van der Waals surface area contributed by atoms with E-state index in [2.05, 4.69) is 6.92 Å². The van der Waals surface area contributed by atoms with Crippen LogP contribution in [0.3, 0.4) is 0 Å². The topological polar surface area (TPSA) is 66.8 Å². The fourth-order valence-electron chi connectivity index (χ4n) is 4.34. The first-order valence-electron chi connectivity index (χ1n) is 9.86. The van der Waals surface area contributed by atoms with Crippen LogP contribution in [0, 0.1) is 5.92 Å². The van der Waals surface area contributed by atoms with E-state index in [0.29, 0.717) is 24.3 Å². The Labute approximate surface area is 164 Å². The molecule has 0 unspecified atom stereocenters. The van der Waals surface area contributed by atoms with Crippen LogP contribution in [0.4, 0.5) is 0 Å². The van der Waals surface area contributed by atoms with Gasteiger partial charge in [0.1, 0.15) is 5.72 Å². The Morgan fingerprint density at radius 3 is 2.21 bits per heavy atom. The highest BCUT2D eigenvalue weighted by Crippen LogP contribution is 2.43. The van der Waals surface area contributed by atoms with Crippen molar-refractivity contribution in [2.45, 2.75) is 44.4 Å². The second kappa shape index (κ2) is 7.40. The number of hydrogen-bond acceptors (Lipinski definition) is 3. The molecule has 2 fully saturated rings. The maximum absolute atomic E-state index is 13.3. The molecule has 1 N–H and O–H groups in total. The summed E-state index contributed by atoms with van der Waals surface area (Å²) in [5.41, 5.74) is 1.80. The normalized spacial score (nSPS) is 27.1. The summed E-state index contributed by atoms with van der Waals surface area (Å²) in [7, 11) is 0. The van der Waals surface area contributed by atoms with E-state index in [1.807, 2.05) is 42.5 Å². The van der Waals surface area contributed by atoms with Gasteiger partial charge in [0.05, 0.1) is 6.61 Å². The summed E-state index contributed by atoms with van der Waals surface area (Å²) in [5.74, 6) is -0.705. The Morgan fingerprint density at radius 1 is 1.00 bits per heavy atom. The molecule has 28 heavy (non-hydrogen) atoms.